The minimum Gasteiger partial charge on any atom is -0.364 e. The Morgan fingerprint density at radius 3 is 2.37 bits per heavy atom. The molecule has 0 amide bonds. The van der Waals surface area contributed by atoms with E-state index >= 15 is 0 Å². The molecular formula is C15H24N2O2. The van der Waals surface area contributed by atoms with Gasteiger partial charge in [0.15, 0.2) is 0 Å². The zero-order valence-electron chi connectivity index (χ0n) is 12.1. The van der Waals surface area contributed by atoms with Crippen LogP contribution in [0.5, 0.6) is 0 Å². The Labute approximate surface area is 115 Å². The first kappa shape index (κ1) is 15.7. The van der Waals surface area contributed by atoms with Gasteiger partial charge in [-0.15, -0.1) is 5.06 Å². The maximum Gasteiger partial charge on any atom is 0.357 e. The van der Waals surface area contributed by atoms with Gasteiger partial charge in [0.2, 0.25) is 0 Å². The van der Waals surface area contributed by atoms with Gasteiger partial charge in [-0.25, -0.2) is 4.79 Å². The monoisotopic (exact) mass is 264 g/mol. The lowest BCUT2D eigenvalue weighted by atomic mass is 10.2. The first-order chi connectivity index (χ1) is 9.13. The number of benzene rings is 1. The highest BCUT2D eigenvalue weighted by molar-refractivity contribution is 5.89. The van der Waals surface area contributed by atoms with E-state index in [1.807, 2.05) is 32.3 Å². The van der Waals surface area contributed by atoms with Gasteiger partial charge < -0.3 is 9.74 Å². The van der Waals surface area contributed by atoms with Crippen molar-refractivity contribution >= 4 is 5.97 Å². The molecule has 0 aliphatic rings. The van der Waals surface area contributed by atoms with Crippen molar-refractivity contribution in [2.24, 2.45) is 0 Å². The van der Waals surface area contributed by atoms with Crippen molar-refractivity contribution in [3.8, 4) is 0 Å². The molecule has 1 aromatic rings. The second kappa shape index (κ2) is 8.67. The molecule has 0 unspecified atom stereocenters. The van der Waals surface area contributed by atoms with Gasteiger partial charge in [0.25, 0.3) is 0 Å². The van der Waals surface area contributed by atoms with Crippen LogP contribution in [0, 0.1) is 0 Å². The average molecular weight is 264 g/mol. The third kappa shape index (κ3) is 6.36. The molecule has 0 aliphatic heterocycles. The van der Waals surface area contributed by atoms with Crippen molar-refractivity contribution in [2.45, 2.75) is 19.8 Å². The van der Waals surface area contributed by atoms with Crippen molar-refractivity contribution in [1.82, 2.24) is 9.96 Å². The highest BCUT2D eigenvalue weighted by atomic mass is 16.7. The van der Waals surface area contributed by atoms with Crippen molar-refractivity contribution < 1.29 is 9.63 Å². The first-order valence-electron chi connectivity index (χ1n) is 6.80. The fourth-order valence-electron chi connectivity index (χ4n) is 1.59. The van der Waals surface area contributed by atoms with E-state index in [1.54, 1.807) is 17.2 Å². The molecule has 1 aromatic carbocycles. The molecule has 0 saturated heterocycles. The number of rotatable bonds is 8. The van der Waals surface area contributed by atoms with Crippen LogP contribution in [-0.4, -0.2) is 49.7 Å². The quantitative estimate of drug-likeness (QED) is 0.675. The Bertz CT molecular complexity index is 366. The number of unbranched alkanes of at least 4 members (excludes halogenated alkanes) is 1. The van der Waals surface area contributed by atoms with Gasteiger partial charge in [0.1, 0.15) is 0 Å². The molecule has 4 nitrogen and oxygen atoms in total. The summed E-state index contributed by atoms with van der Waals surface area (Å²) < 4.78 is 0. The second-order valence-corrected chi connectivity index (χ2v) is 4.83. The van der Waals surface area contributed by atoms with E-state index < -0.39 is 0 Å². The SMILES string of the molecule is CCCCN(CCN(C)C)OC(=O)c1ccccc1. The number of carbonyl (C=O) groups is 1. The topological polar surface area (TPSA) is 32.8 Å². The minimum absolute atomic E-state index is 0.282. The molecule has 0 fully saturated rings. The lowest BCUT2D eigenvalue weighted by molar-refractivity contribution is -0.112. The maximum absolute atomic E-state index is 12.0. The lowest BCUT2D eigenvalue weighted by Gasteiger charge is -2.22. The molecule has 0 aromatic heterocycles. The standard InChI is InChI=1S/C15H24N2O2/c1-4-5-11-17(13-12-16(2)3)19-15(18)14-9-7-6-8-10-14/h6-10H,4-5,11-13H2,1-3H3. The Kier molecular flexibility index (Phi) is 7.15. The molecule has 0 aliphatic carbocycles. The fourth-order valence-corrected chi connectivity index (χ4v) is 1.59. The Hall–Kier alpha value is -1.39. The molecule has 0 heterocycles. The molecule has 19 heavy (non-hydrogen) atoms. The van der Waals surface area contributed by atoms with E-state index in [9.17, 15) is 4.79 Å². The van der Waals surface area contributed by atoms with E-state index in [0.29, 0.717) is 5.56 Å². The van der Waals surface area contributed by atoms with E-state index in [0.717, 1.165) is 32.5 Å². The number of hydroxylamine groups is 2. The van der Waals surface area contributed by atoms with Crippen molar-refractivity contribution in [3.63, 3.8) is 0 Å². The van der Waals surface area contributed by atoms with Gasteiger partial charge in [0, 0.05) is 19.6 Å². The van der Waals surface area contributed by atoms with Crippen molar-refractivity contribution in [1.29, 1.82) is 0 Å². The predicted molar refractivity (Wildman–Crippen MR) is 76.9 cm³/mol. The van der Waals surface area contributed by atoms with Crippen LogP contribution in [0.3, 0.4) is 0 Å². The van der Waals surface area contributed by atoms with E-state index in [4.69, 9.17) is 4.84 Å². The summed E-state index contributed by atoms with van der Waals surface area (Å²) in [7, 11) is 4.02. The van der Waals surface area contributed by atoms with Crippen LogP contribution < -0.4 is 0 Å². The summed E-state index contributed by atoms with van der Waals surface area (Å²) in [6, 6.07) is 9.11. The van der Waals surface area contributed by atoms with E-state index in [2.05, 4.69) is 11.8 Å². The fraction of sp³-hybridized carbons (Fsp3) is 0.533. The van der Waals surface area contributed by atoms with Crippen molar-refractivity contribution in [3.05, 3.63) is 35.9 Å². The van der Waals surface area contributed by atoms with Gasteiger partial charge in [-0.3, -0.25) is 0 Å². The smallest absolute Gasteiger partial charge is 0.357 e. The molecule has 0 spiro atoms. The summed E-state index contributed by atoms with van der Waals surface area (Å²) in [5.74, 6) is -0.282. The van der Waals surface area contributed by atoms with Crippen molar-refractivity contribution in [2.75, 3.05) is 33.7 Å². The molecular weight excluding hydrogens is 240 g/mol. The number of carbonyl (C=O) groups excluding carboxylic acids is 1. The van der Waals surface area contributed by atoms with Crippen LogP contribution in [-0.2, 0) is 4.84 Å². The Balaban J connectivity index is 2.53. The lowest BCUT2D eigenvalue weighted by Crippen LogP contribution is -2.34. The van der Waals surface area contributed by atoms with Crippen LogP contribution in [0.1, 0.15) is 30.1 Å². The molecule has 0 saturated carbocycles. The van der Waals surface area contributed by atoms with Gasteiger partial charge in [-0.1, -0.05) is 31.5 Å². The van der Waals surface area contributed by atoms with Gasteiger partial charge in [-0.2, -0.15) is 0 Å². The van der Waals surface area contributed by atoms with Crippen LogP contribution in [0.2, 0.25) is 0 Å². The predicted octanol–water partition coefficient (Wildman–Crippen LogP) is 2.42. The molecule has 0 bridgehead atoms. The Morgan fingerprint density at radius 1 is 1.11 bits per heavy atom. The summed E-state index contributed by atoms with van der Waals surface area (Å²) in [4.78, 5) is 19.5. The van der Waals surface area contributed by atoms with Crippen LogP contribution >= 0.6 is 0 Å². The summed E-state index contributed by atoms with van der Waals surface area (Å²) in [5.41, 5.74) is 0.592. The zero-order chi connectivity index (χ0) is 14.1. The highest BCUT2D eigenvalue weighted by Gasteiger charge is 2.13. The van der Waals surface area contributed by atoms with Crippen LogP contribution in [0.25, 0.3) is 0 Å². The summed E-state index contributed by atoms with van der Waals surface area (Å²) >= 11 is 0. The molecule has 1 rings (SSSR count). The third-order valence-electron chi connectivity index (χ3n) is 2.78. The maximum atomic E-state index is 12.0. The van der Waals surface area contributed by atoms with Gasteiger partial charge in [0.05, 0.1) is 5.56 Å². The minimum atomic E-state index is -0.282. The number of hydrogen-bond acceptors (Lipinski definition) is 4. The second-order valence-electron chi connectivity index (χ2n) is 4.83. The normalized spacial score (nSPS) is 11.0. The summed E-state index contributed by atoms with van der Waals surface area (Å²) in [6.45, 7) is 4.50. The van der Waals surface area contributed by atoms with Crippen LogP contribution in [0.15, 0.2) is 30.3 Å². The average Bonchev–Trinajstić information content (AvgIpc) is 2.42. The molecule has 106 valence electrons. The zero-order valence-corrected chi connectivity index (χ0v) is 12.1. The number of nitrogens with zero attached hydrogens (tertiary/aromatic N) is 2. The van der Waals surface area contributed by atoms with Gasteiger partial charge >= 0.3 is 5.97 Å². The first-order valence-corrected chi connectivity index (χ1v) is 6.80. The largest absolute Gasteiger partial charge is 0.364 e. The molecule has 0 N–H and O–H groups in total. The number of likely N-dealkylation sites (N-methyl/N-ethyl adjacent to an activating group) is 1. The van der Waals surface area contributed by atoms with Crippen LogP contribution in [0.4, 0.5) is 0 Å². The molecule has 0 radical (unpaired) electrons. The summed E-state index contributed by atoms with van der Waals surface area (Å²) in [6.07, 6.45) is 2.11. The third-order valence-corrected chi connectivity index (χ3v) is 2.78. The Morgan fingerprint density at radius 2 is 1.79 bits per heavy atom. The highest BCUT2D eigenvalue weighted by Crippen LogP contribution is 2.05. The summed E-state index contributed by atoms with van der Waals surface area (Å²) in [5, 5.41) is 1.76. The molecule has 4 heteroatoms. The molecule has 0 atom stereocenters. The van der Waals surface area contributed by atoms with E-state index in [1.165, 1.54) is 0 Å². The van der Waals surface area contributed by atoms with E-state index in [-0.39, 0.29) is 5.97 Å². The van der Waals surface area contributed by atoms with Gasteiger partial charge in [-0.05, 0) is 32.6 Å². The number of hydrogen-bond donors (Lipinski definition) is 0.